The molecular formula is C18H15N3O. The zero-order valence-electron chi connectivity index (χ0n) is 12.2. The first-order valence-electron chi connectivity index (χ1n) is 7.16. The first kappa shape index (κ1) is 12.7. The molecule has 0 saturated heterocycles. The van der Waals surface area contributed by atoms with E-state index in [9.17, 15) is 4.79 Å². The molecule has 4 heteroatoms. The number of aromatic nitrogens is 2. The van der Waals surface area contributed by atoms with Crippen molar-refractivity contribution in [3.8, 4) is 0 Å². The van der Waals surface area contributed by atoms with Gasteiger partial charge in [0.1, 0.15) is 5.69 Å². The summed E-state index contributed by atoms with van der Waals surface area (Å²) in [6.45, 7) is 0. The predicted octanol–water partition coefficient (Wildman–Crippen LogP) is 3.37. The molecule has 0 saturated carbocycles. The second kappa shape index (κ2) is 4.77. The minimum Gasteiger partial charge on any atom is -0.310 e. The Bertz CT molecular complexity index is 1040. The maximum Gasteiger partial charge on any atom is 0.275 e. The van der Waals surface area contributed by atoms with Crippen LogP contribution in [0.5, 0.6) is 0 Å². The van der Waals surface area contributed by atoms with E-state index in [0.29, 0.717) is 5.69 Å². The van der Waals surface area contributed by atoms with Gasteiger partial charge in [0.15, 0.2) is 0 Å². The molecule has 2 aromatic carbocycles. The summed E-state index contributed by atoms with van der Waals surface area (Å²) in [5.41, 5.74) is 5.69. The van der Waals surface area contributed by atoms with Crippen molar-refractivity contribution in [2.75, 3.05) is 5.43 Å². The molecule has 1 N–H and O–H groups in total. The summed E-state index contributed by atoms with van der Waals surface area (Å²) >= 11 is 0. The monoisotopic (exact) mass is 289 g/mol. The van der Waals surface area contributed by atoms with E-state index >= 15 is 0 Å². The summed E-state index contributed by atoms with van der Waals surface area (Å²) in [7, 11) is 1.80. The molecule has 4 nitrogen and oxygen atoms in total. The molecule has 2 aromatic heterocycles. The van der Waals surface area contributed by atoms with Crippen LogP contribution in [0.4, 0.5) is 5.69 Å². The van der Waals surface area contributed by atoms with Crippen LogP contribution in [-0.2, 0) is 7.05 Å². The third-order valence-electron chi connectivity index (χ3n) is 3.97. The van der Waals surface area contributed by atoms with E-state index in [-0.39, 0.29) is 5.56 Å². The van der Waals surface area contributed by atoms with Crippen LogP contribution in [-0.4, -0.2) is 9.24 Å². The first-order valence-corrected chi connectivity index (χ1v) is 7.16. The molecule has 4 rings (SSSR count). The van der Waals surface area contributed by atoms with Gasteiger partial charge in [-0.25, -0.2) is 0 Å². The third-order valence-corrected chi connectivity index (χ3v) is 3.97. The van der Waals surface area contributed by atoms with Crippen molar-refractivity contribution in [2.24, 2.45) is 7.05 Å². The number of hydrogen-bond donors (Lipinski definition) is 1. The maximum absolute atomic E-state index is 12.5. The van der Waals surface area contributed by atoms with E-state index in [1.165, 1.54) is 0 Å². The van der Waals surface area contributed by atoms with Crippen LogP contribution in [0.15, 0.2) is 71.7 Å². The topological polar surface area (TPSA) is 39.0 Å². The number of nitrogens with one attached hydrogen (secondary N) is 1. The van der Waals surface area contributed by atoms with E-state index in [2.05, 4.69) is 5.43 Å². The molecule has 0 aliphatic heterocycles. The maximum atomic E-state index is 12.5. The minimum absolute atomic E-state index is 0.0449. The molecule has 0 radical (unpaired) electrons. The molecule has 108 valence electrons. The Hall–Kier alpha value is -3.01. The second-order valence-electron chi connectivity index (χ2n) is 5.34. The zero-order chi connectivity index (χ0) is 15.1. The van der Waals surface area contributed by atoms with Gasteiger partial charge < -0.3 is 4.57 Å². The summed E-state index contributed by atoms with van der Waals surface area (Å²) in [6, 6.07) is 19.8. The smallest absolute Gasteiger partial charge is 0.275 e. The molecule has 0 bridgehead atoms. The molecule has 0 aliphatic carbocycles. The van der Waals surface area contributed by atoms with Gasteiger partial charge in [0.05, 0.1) is 11.0 Å². The number of para-hydroxylation sites is 2. The van der Waals surface area contributed by atoms with Crippen molar-refractivity contribution in [1.82, 2.24) is 9.24 Å². The van der Waals surface area contributed by atoms with Gasteiger partial charge in [0.25, 0.3) is 5.56 Å². The lowest BCUT2D eigenvalue weighted by Gasteiger charge is -2.12. The van der Waals surface area contributed by atoms with Crippen LogP contribution in [0, 0.1) is 0 Å². The Labute approximate surface area is 127 Å². The van der Waals surface area contributed by atoms with E-state index in [0.717, 1.165) is 21.8 Å². The number of fused-ring (bicyclic) bond motifs is 2. The highest BCUT2D eigenvalue weighted by atomic mass is 16.1. The number of nitrogens with zero attached hydrogens (tertiary/aromatic N) is 2. The highest BCUT2D eigenvalue weighted by Gasteiger charge is 2.07. The number of pyridine rings is 1. The van der Waals surface area contributed by atoms with E-state index in [1.807, 2.05) is 71.5 Å². The van der Waals surface area contributed by atoms with Crippen molar-refractivity contribution < 1.29 is 0 Å². The normalized spacial score (nSPS) is 11.1. The van der Waals surface area contributed by atoms with Crippen molar-refractivity contribution in [2.45, 2.75) is 0 Å². The van der Waals surface area contributed by atoms with Gasteiger partial charge in [-0.05, 0) is 24.3 Å². The zero-order valence-corrected chi connectivity index (χ0v) is 12.2. The van der Waals surface area contributed by atoms with Gasteiger partial charge in [-0.15, -0.1) is 0 Å². The molecule has 0 amide bonds. The van der Waals surface area contributed by atoms with Gasteiger partial charge in [0, 0.05) is 24.0 Å². The minimum atomic E-state index is -0.0449. The highest BCUT2D eigenvalue weighted by molar-refractivity contribution is 5.83. The summed E-state index contributed by atoms with van der Waals surface area (Å²) in [5, 5.41) is 2.16. The lowest BCUT2D eigenvalue weighted by Crippen LogP contribution is -2.23. The van der Waals surface area contributed by atoms with Crippen molar-refractivity contribution in [1.29, 1.82) is 0 Å². The molecule has 0 spiro atoms. The van der Waals surface area contributed by atoms with Crippen LogP contribution >= 0.6 is 0 Å². The summed E-state index contributed by atoms with van der Waals surface area (Å²) in [5.74, 6) is 0. The SMILES string of the molecule is Cn1c(=O)c(Nn2ccc3ccccc32)cc2ccccc21. The van der Waals surface area contributed by atoms with E-state index < -0.39 is 0 Å². The summed E-state index contributed by atoms with van der Waals surface area (Å²) in [6.07, 6.45) is 1.93. The first-order chi connectivity index (χ1) is 10.7. The molecule has 22 heavy (non-hydrogen) atoms. The van der Waals surface area contributed by atoms with Gasteiger partial charge in [0.2, 0.25) is 0 Å². The molecule has 0 aliphatic rings. The van der Waals surface area contributed by atoms with Crippen LogP contribution in [0.2, 0.25) is 0 Å². The third kappa shape index (κ3) is 1.89. The van der Waals surface area contributed by atoms with Crippen LogP contribution in [0.1, 0.15) is 0 Å². The molecular weight excluding hydrogens is 274 g/mol. The Morgan fingerprint density at radius 1 is 0.864 bits per heavy atom. The number of benzene rings is 2. The van der Waals surface area contributed by atoms with Crippen LogP contribution < -0.4 is 11.0 Å². The molecule has 0 fully saturated rings. The fraction of sp³-hybridized carbons (Fsp3) is 0.0556. The summed E-state index contributed by atoms with van der Waals surface area (Å²) in [4.78, 5) is 12.5. The van der Waals surface area contributed by atoms with E-state index in [4.69, 9.17) is 0 Å². The van der Waals surface area contributed by atoms with E-state index in [1.54, 1.807) is 11.6 Å². The van der Waals surface area contributed by atoms with Crippen LogP contribution in [0.25, 0.3) is 21.8 Å². The van der Waals surface area contributed by atoms with Crippen molar-refractivity contribution in [3.63, 3.8) is 0 Å². The van der Waals surface area contributed by atoms with Gasteiger partial charge in [-0.1, -0.05) is 36.4 Å². The number of aryl methyl sites for hydroxylation is 1. The Balaban J connectivity index is 1.88. The molecule has 0 unspecified atom stereocenters. The fourth-order valence-electron chi connectivity index (χ4n) is 2.81. The fourth-order valence-corrected chi connectivity index (χ4v) is 2.81. The average molecular weight is 289 g/mol. The van der Waals surface area contributed by atoms with Crippen LogP contribution in [0.3, 0.4) is 0 Å². The molecule has 0 atom stereocenters. The Morgan fingerprint density at radius 2 is 1.55 bits per heavy atom. The standard InChI is InChI=1S/C18H15N3O/c1-20-16-8-4-3-7-14(16)12-15(18(20)22)19-21-11-10-13-6-2-5-9-17(13)21/h2-12,19H,1H3. The predicted molar refractivity (Wildman–Crippen MR) is 90.1 cm³/mol. The van der Waals surface area contributed by atoms with Gasteiger partial charge >= 0.3 is 0 Å². The Kier molecular flexibility index (Phi) is 2.76. The lowest BCUT2D eigenvalue weighted by molar-refractivity contribution is 0.893. The lowest BCUT2D eigenvalue weighted by atomic mass is 10.2. The molecule has 2 heterocycles. The van der Waals surface area contributed by atoms with Crippen molar-refractivity contribution >= 4 is 27.5 Å². The summed E-state index contributed by atoms with van der Waals surface area (Å²) < 4.78 is 3.55. The van der Waals surface area contributed by atoms with Gasteiger partial charge in [-0.3, -0.25) is 14.9 Å². The largest absolute Gasteiger partial charge is 0.310 e. The quantitative estimate of drug-likeness (QED) is 0.614. The second-order valence-corrected chi connectivity index (χ2v) is 5.34. The number of hydrogen-bond acceptors (Lipinski definition) is 2. The van der Waals surface area contributed by atoms with Gasteiger partial charge in [-0.2, -0.15) is 0 Å². The Morgan fingerprint density at radius 3 is 2.36 bits per heavy atom. The highest BCUT2D eigenvalue weighted by Crippen LogP contribution is 2.18. The number of anilines is 1. The number of rotatable bonds is 2. The average Bonchev–Trinajstić information content (AvgIpc) is 2.96. The molecule has 4 aromatic rings. The van der Waals surface area contributed by atoms with Crippen molar-refractivity contribution in [3.05, 3.63) is 77.2 Å².